The predicted molar refractivity (Wildman–Crippen MR) is 75.7 cm³/mol. The smallest absolute Gasteiger partial charge is 0.232 e. The first-order valence-electron chi connectivity index (χ1n) is 7.98. The van der Waals surface area contributed by atoms with Gasteiger partial charge in [-0.15, -0.1) is 0 Å². The normalized spacial score (nSPS) is 26.6. The van der Waals surface area contributed by atoms with E-state index in [0.717, 1.165) is 63.5 Å². The molecule has 0 spiro atoms. The Kier molecular flexibility index (Phi) is 4.36. The van der Waals surface area contributed by atoms with E-state index in [0.29, 0.717) is 0 Å². The molecule has 1 N–H and O–H groups in total. The van der Waals surface area contributed by atoms with Gasteiger partial charge in [0.2, 0.25) is 5.89 Å². The van der Waals surface area contributed by atoms with Crippen molar-refractivity contribution >= 4 is 0 Å². The highest BCUT2D eigenvalue weighted by Gasteiger charge is 2.37. The quantitative estimate of drug-likeness (QED) is 0.915. The van der Waals surface area contributed by atoms with Gasteiger partial charge in [-0.3, -0.25) is 0 Å². The summed E-state index contributed by atoms with van der Waals surface area (Å²) in [7, 11) is 0. The Labute approximate surface area is 120 Å². The highest BCUT2D eigenvalue weighted by Crippen LogP contribution is 2.35. The van der Waals surface area contributed by atoms with E-state index in [9.17, 15) is 0 Å². The molecule has 0 aliphatic carbocycles. The molecule has 3 heterocycles. The highest BCUT2D eigenvalue weighted by molar-refractivity contribution is 5.07. The molecule has 0 saturated carbocycles. The Morgan fingerprint density at radius 1 is 1.30 bits per heavy atom. The lowest BCUT2D eigenvalue weighted by Gasteiger charge is -2.33. The summed E-state index contributed by atoms with van der Waals surface area (Å²) in [6.45, 7) is 5.17. The second-order valence-corrected chi connectivity index (χ2v) is 6.09. The van der Waals surface area contributed by atoms with Crippen LogP contribution in [0.1, 0.15) is 57.2 Å². The fourth-order valence-electron chi connectivity index (χ4n) is 3.35. The number of nitrogens with one attached hydrogen (secondary N) is 1. The van der Waals surface area contributed by atoms with Crippen LogP contribution in [0.5, 0.6) is 0 Å². The molecule has 0 aromatic carbocycles. The number of hydrogen-bond acceptors (Lipinski definition) is 5. The van der Waals surface area contributed by atoms with Crippen molar-refractivity contribution in [3.8, 4) is 0 Å². The average molecular weight is 279 g/mol. The Morgan fingerprint density at radius 2 is 2.15 bits per heavy atom. The largest absolute Gasteiger partial charge is 0.378 e. The van der Waals surface area contributed by atoms with Gasteiger partial charge in [0.1, 0.15) is 0 Å². The zero-order valence-electron chi connectivity index (χ0n) is 12.4. The van der Waals surface area contributed by atoms with Crippen molar-refractivity contribution in [2.75, 3.05) is 19.7 Å². The van der Waals surface area contributed by atoms with Gasteiger partial charge < -0.3 is 14.6 Å². The van der Waals surface area contributed by atoms with Gasteiger partial charge in [0.25, 0.3) is 0 Å². The van der Waals surface area contributed by atoms with Crippen LogP contribution in [0.15, 0.2) is 4.52 Å². The molecule has 0 amide bonds. The minimum atomic E-state index is 0.0872. The van der Waals surface area contributed by atoms with Crippen molar-refractivity contribution < 1.29 is 9.26 Å². The van der Waals surface area contributed by atoms with Crippen LogP contribution in [-0.4, -0.2) is 35.9 Å². The summed E-state index contributed by atoms with van der Waals surface area (Å²) in [6, 6.07) is 0. The predicted octanol–water partition coefficient (Wildman–Crippen LogP) is 2.21. The maximum Gasteiger partial charge on any atom is 0.232 e. The van der Waals surface area contributed by atoms with Gasteiger partial charge in [0.05, 0.1) is 11.5 Å². The average Bonchev–Trinajstić information content (AvgIpc) is 2.98. The second-order valence-electron chi connectivity index (χ2n) is 6.09. The molecular weight excluding hydrogens is 254 g/mol. The van der Waals surface area contributed by atoms with Gasteiger partial charge in [-0.05, 0) is 51.6 Å². The zero-order valence-corrected chi connectivity index (χ0v) is 12.4. The van der Waals surface area contributed by atoms with E-state index >= 15 is 0 Å². The Bertz CT molecular complexity index is 421. The monoisotopic (exact) mass is 279 g/mol. The van der Waals surface area contributed by atoms with Crippen LogP contribution in [0.2, 0.25) is 0 Å². The number of aromatic nitrogens is 2. The number of ether oxygens (including phenoxy) is 1. The van der Waals surface area contributed by atoms with Crippen LogP contribution in [0.25, 0.3) is 0 Å². The molecule has 2 aliphatic rings. The van der Waals surface area contributed by atoms with Crippen molar-refractivity contribution in [2.45, 2.75) is 63.4 Å². The number of nitrogens with zero attached hydrogens (tertiary/aromatic N) is 2. The molecule has 2 fully saturated rings. The van der Waals surface area contributed by atoms with E-state index in [1.165, 1.54) is 12.8 Å². The first-order valence-corrected chi connectivity index (χ1v) is 7.98. The number of rotatable bonds is 4. The minimum Gasteiger partial charge on any atom is -0.378 e. The topological polar surface area (TPSA) is 60.2 Å². The SMILES string of the molecule is CCC1(c2nc(CC3CCCCO3)no2)CCNCC1. The minimum absolute atomic E-state index is 0.0872. The van der Waals surface area contributed by atoms with Gasteiger partial charge in [-0.1, -0.05) is 12.1 Å². The molecule has 1 aromatic heterocycles. The van der Waals surface area contributed by atoms with Crippen LogP contribution >= 0.6 is 0 Å². The maximum atomic E-state index is 5.76. The fraction of sp³-hybridized carbons (Fsp3) is 0.867. The van der Waals surface area contributed by atoms with E-state index in [-0.39, 0.29) is 11.5 Å². The third-order valence-corrected chi connectivity index (χ3v) is 4.84. The second kappa shape index (κ2) is 6.22. The molecule has 20 heavy (non-hydrogen) atoms. The molecule has 1 atom stereocenters. The highest BCUT2D eigenvalue weighted by atomic mass is 16.5. The van der Waals surface area contributed by atoms with Crippen molar-refractivity contribution in [3.63, 3.8) is 0 Å². The number of hydrogen-bond donors (Lipinski definition) is 1. The molecule has 2 saturated heterocycles. The summed E-state index contributed by atoms with van der Waals surface area (Å²) in [5, 5.41) is 7.60. The first-order chi connectivity index (χ1) is 9.82. The molecule has 3 rings (SSSR count). The van der Waals surface area contributed by atoms with Crippen molar-refractivity contribution in [3.05, 3.63) is 11.7 Å². The van der Waals surface area contributed by atoms with Crippen LogP contribution in [0.3, 0.4) is 0 Å². The Morgan fingerprint density at radius 3 is 2.85 bits per heavy atom. The van der Waals surface area contributed by atoms with Crippen molar-refractivity contribution in [2.24, 2.45) is 0 Å². The Balaban J connectivity index is 1.68. The van der Waals surface area contributed by atoms with E-state index < -0.39 is 0 Å². The van der Waals surface area contributed by atoms with E-state index in [2.05, 4.69) is 22.4 Å². The van der Waals surface area contributed by atoms with E-state index in [1.807, 2.05) is 0 Å². The van der Waals surface area contributed by atoms with E-state index in [4.69, 9.17) is 9.26 Å². The van der Waals surface area contributed by atoms with Gasteiger partial charge in [-0.2, -0.15) is 4.98 Å². The van der Waals surface area contributed by atoms with E-state index in [1.54, 1.807) is 0 Å². The summed E-state index contributed by atoms with van der Waals surface area (Å²) in [5.74, 6) is 1.66. The van der Waals surface area contributed by atoms with Gasteiger partial charge in [0, 0.05) is 13.0 Å². The standard InChI is InChI=1S/C15H25N3O2/c1-2-15(6-8-16-9-7-15)14-17-13(18-20-14)11-12-5-3-4-10-19-12/h12,16H,2-11H2,1H3. The summed E-state index contributed by atoms with van der Waals surface area (Å²) in [4.78, 5) is 4.69. The molecule has 0 radical (unpaired) electrons. The molecule has 2 aliphatic heterocycles. The van der Waals surface area contributed by atoms with Crippen LogP contribution < -0.4 is 5.32 Å². The summed E-state index contributed by atoms with van der Waals surface area (Å²) in [6.07, 6.45) is 7.86. The van der Waals surface area contributed by atoms with Gasteiger partial charge >= 0.3 is 0 Å². The molecule has 5 nitrogen and oxygen atoms in total. The van der Waals surface area contributed by atoms with Crippen molar-refractivity contribution in [1.29, 1.82) is 0 Å². The van der Waals surface area contributed by atoms with Crippen molar-refractivity contribution in [1.82, 2.24) is 15.5 Å². The zero-order chi connectivity index (χ0) is 13.8. The lowest BCUT2D eigenvalue weighted by molar-refractivity contribution is 0.0153. The molecule has 0 bridgehead atoms. The fourth-order valence-corrected chi connectivity index (χ4v) is 3.35. The molecule has 112 valence electrons. The lowest BCUT2D eigenvalue weighted by Crippen LogP contribution is -2.39. The Hall–Kier alpha value is -0.940. The van der Waals surface area contributed by atoms with Crippen LogP contribution in [0.4, 0.5) is 0 Å². The molecule has 5 heteroatoms. The van der Waals surface area contributed by atoms with Gasteiger partial charge in [-0.25, -0.2) is 0 Å². The summed E-state index contributed by atoms with van der Waals surface area (Å²) < 4.78 is 11.4. The maximum absolute atomic E-state index is 5.76. The molecular formula is C15H25N3O2. The van der Waals surface area contributed by atoms with Crippen LogP contribution in [-0.2, 0) is 16.6 Å². The number of piperidine rings is 1. The van der Waals surface area contributed by atoms with Crippen LogP contribution in [0, 0.1) is 0 Å². The lowest BCUT2D eigenvalue weighted by atomic mass is 9.76. The third kappa shape index (κ3) is 2.88. The third-order valence-electron chi connectivity index (χ3n) is 4.84. The first kappa shape index (κ1) is 14.0. The van der Waals surface area contributed by atoms with Gasteiger partial charge in [0.15, 0.2) is 5.82 Å². The summed E-state index contributed by atoms with van der Waals surface area (Å²) >= 11 is 0. The molecule has 1 aromatic rings. The summed E-state index contributed by atoms with van der Waals surface area (Å²) in [5.41, 5.74) is 0.0872. The molecule has 1 unspecified atom stereocenters.